The highest BCUT2D eigenvalue weighted by atomic mass is 16.5. The van der Waals surface area contributed by atoms with Crippen molar-refractivity contribution >= 4 is 5.97 Å². The SMILES string of the molecule is CCOCCOC=CC(=O)O. The molecule has 4 nitrogen and oxygen atoms in total. The van der Waals surface area contributed by atoms with Gasteiger partial charge in [-0.15, -0.1) is 0 Å². The number of carboxylic acids is 1. The van der Waals surface area contributed by atoms with E-state index in [0.29, 0.717) is 19.8 Å². The standard InChI is InChI=1S/C7H12O4/c1-2-10-5-6-11-4-3-7(8)9/h3-4H,2,5-6H2,1H3,(H,8,9). The van der Waals surface area contributed by atoms with E-state index in [0.717, 1.165) is 12.3 Å². The second kappa shape index (κ2) is 7.08. The van der Waals surface area contributed by atoms with E-state index in [1.54, 1.807) is 0 Å². The number of carboxylic acid groups (broad SMARTS) is 1. The highest BCUT2D eigenvalue weighted by Crippen LogP contribution is 1.79. The number of carbonyl (C=O) groups is 1. The fraction of sp³-hybridized carbons (Fsp3) is 0.571. The summed E-state index contributed by atoms with van der Waals surface area (Å²) in [5.41, 5.74) is 0. The lowest BCUT2D eigenvalue weighted by molar-refractivity contribution is -0.131. The van der Waals surface area contributed by atoms with Gasteiger partial charge in [0.1, 0.15) is 6.61 Å². The molecular weight excluding hydrogens is 148 g/mol. The van der Waals surface area contributed by atoms with Crippen molar-refractivity contribution in [2.75, 3.05) is 19.8 Å². The first-order valence-corrected chi connectivity index (χ1v) is 3.36. The molecule has 0 unspecified atom stereocenters. The summed E-state index contributed by atoms with van der Waals surface area (Å²) < 4.78 is 9.69. The predicted molar refractivity (Wildman–Crippen MR) is 39.2 cm³/mol. The Balaban J connectivity index is 3.07. The molecule has 0 saturated carbocycles. The maximum Gasteiger partial charge on any atom is 0.331 e. The first-order valence-electron chi connectivity index (χ1n) is 3.36. The summed E-state index contributed by atoms with van der Waals surface area (Å²) in [7, 11) is 0. The first-order chi connectivity index (χ1) is 5.27. The van der Waals surface area contributed by atoms with Crippen LogP contribution in [0.25, 0.3) is 0 Å². The molecule has 0 aliphatic heterocycles. The normalized spacial score (nSPS) is 10.3. The number of hydrogen-bond acceptors (Lipinski definition) is 3. The molecule has 1 N–H and O–H groups in total. The summed E-state index contributed by atoms with van der Waals surface area (Å²) in [6, 6.07) is 0. The first kappa shape index (κ1) is 9.97. The van der Waals surface area contributed by atoms with Gasteiger partial charge >= 0.3 is 5.97 Å². The molecular formula is C7H12O4. The van der Waals surface area contributed by atoms with Gasteiger partial charge < -0.3 is 14.6 Å². The van der Waals surface area contributed by atoms with Crippen molar-refractivity contribution in [3.8, 4) is 0 Å². The lowest BCUT2D eigenvalue weighted by Crippen LogP contribution is -2.00. The van der Waals surface area contributed by atoms with Gasteiger partial charge in [0.25, 0.3) is 0 Å². The van der Waals surface area contributed by atoms with Crippen LogP contribution in [0.2, 0.25) is 0 Å². The summed E-state index contributed by atoms with van der Waals surface area (Å²) in [6.45, 7) is 3.40. The van der Waals surface area contributed by atoms with Gasteiger partial charge in [-0.2, -0.15) is 0 Å². The zero-order chi connectivity index (χ0) is 8.53. The monoisotopic (exact) mass is 160 g/mol. The molecule has 0 aromatic heterocycles. The Morgan fingerprint density at radius 3 is 2.82 bits per heavy atom. The van der Waals surface area contributed by atoms with E-state index in [9.17, 15) is 4.79 Å². The van der Waals surface area contributed by atoms with Crippen LogP contribution in [0.15, 0.2) is 12.3 Å². The lowest BCUT2D eigenvalue weighted by Gasteiger charge is -1.99. The Kier molecular flexibility index (Phi) is 6.42. The van der Waals surface area contributed by atoms with E-state index in [2.05, 4.69) is 0 Å². The van der Waals surface area contributed by atoms with Gasteiger partial charge in [0.05, 0.1) is 18.9 Å². The average molecular weight is 160 g/mol. The van der Waals surface area contributed by atoms with Crippen molar-refractivity contribution in [3.05, 3.63) is 12.3 Å². The Labute approximate surface area is 65.4 Å². The smallest absolute Gasteiger partial charge is 0.331 e. The molecule has 0 heterocycles. The zero-order valence-electron chi connectivity index (χ0n) is 6.45. The minimum atomic E-state index is -1.01. The molecule has 0 aliphatic rings. The molecule has 4 heteroatoms. The molecule has 0 aromatic carbocycles. The summed E-state index contributed by atoms with van der Waals surface area (Å²) in [6.07, 6.45) is 2.08. The van der Waals surface area contributed by atoms with Gasteiger partial charge in [-0.25, -0.2) is 4.79 Å². The van der Waals surface area contributed by atoms with E-state index < -0.39 is 5.97 Å². The van der Waals surface area contributed by atoms with Gasteiger partial charge in [0.2, 0.25) is 0 Å². The summed E-state index contributed by atoms with van der Waals surface area (Å²) in [5.74, 6) is -1.01. The van der Waals surface area contributed by atoms with Gasteiger partial charge in [-0.3, -0.25) is 0 Å². The third kappa shape index (κ3) is 8.97. The van der Waals surface area contributed by atoms with Gasteiger partial charge in [-0.1, -0.05) is 0 Å². The van der Waals surface area contributed by atoms with E-state index in [4.69, 9.17) is 14.6 Å². The third-order valence-corrected chi connectivity index (χ3v) is 0.856. The minimum absolute atomic E-state index is 0.387. The van der Waals surface area contributed by atoms with Crippen LogP contribution >= 0.6 is 0 Å². The third-order valence-electron chi connectivity index (χ3n) is 0.856. The Hall–Kier alpha value is -1.03. The van der Waals surface area contributed by atoms with Crippen molar-refractivity contribution in [2.45, 2.75) is 6.92 Å². The second-order valence-corrected chi connectivity index (χ2v) is 1.71. The van der Waals surface area contributed by atoms with Gasteiger partial charge in [0.15, 0.2) is 0 Å². The fourth-order valence-electron chi connectivity index (χ4n) is 0.426. The number of hydrogen-bond donors (Lipinski definition) is 1. The lowest BCUT2D eigenvalue weighted by atomic mass is 10.6. The molecule has 0 radical (unpaired) electrons. The quantitative estimate of drug-likeness (QED) is 0.352. The molecule has 0 spiro atoms. The van der Waals surface area contributed by atoms with Crippen molar-refractivity contribution in [3.63, 3.8) is 0 Å². The van der Waals surface area contributed by atoms with E-state index >= 15 is 0 Å². The maximum absolute atomic E-state index is 9.89. The molecule has 0 saturated heterocycles. The molecule has 0 amide bonds. The van der Waals surface area contributed by atoms with Crippen LogP contribution in [-0.2, 0) is 14.3 Å². The molecule has 0 atom stereocenters. The van der Waals surface area contributed by atoms with Crippen LogP contribution in [-0.4, -0.2) is 30.9 Å². The summed E-state index contributed by atoms with van der Waals surface area (Å²) in [5, 5.41) is 8.12. The minimum Gasteiger partial charge on any atom is -0.499 e. The van der Waals surface area contributed by atoms with Crippen LogP contribution in [0.5, 0.6) is 0 Å². The Morgan fingerprint density at radius 1 is 1.55 bits per heavy atom. The Morgan fingerprint density at radius 2 is 2.27 bits per heavy atom. The predicted octanol–water partition coefficient (Wildman–Crippen LogP) is 0.638. The van der Waals surface area contributed by atoms with Crippen molar-refractivity contribution in [1.29, 1.82) is 0 Å². The van der Waals surface area contributed by atoms with E-state index in [1.807, 2.05) is 6.92 Å². The molecule has 0 fully saturated rings. The average Bonchev–Trinajstić information content (AvgIpc) is 1.96. The molecule has 64 valence electrons. The largest absolute Gasteiger partial charge is 0.499 e. The second-order valence-electron chi connectivity index (χ2n) is 1.71. The molecule has 11 heavy (non-hydrogen) atoms. The number of aliphatic carboxylic acids is 1. The van der Waals surface area contributed by atoms with E-state index in [-0.39, 0.29) is 0 Å². The van der Waals surface area contributed by atoms with Crippen LogP contribution in [0.4, 0.5) is 0 Å². The summed E-state index contributed by atoms with van der Waals surface area (Å²) in [4.78, 5) is 9.89. The van der Waals surface area contributed by atoms with Crippen molar-refractivity contribution in [2.24, 2.45) is 0 Å². The van der Waals surface area contributed by atoms with Gasteiger partial charge in [0, 0.05) is 6.61 Å². The Bertz CT molecular complexity index is 130. The van der Waals surface area contributed by atoms with E-state index in [1.165, 1.54) is 0 Å². The highest BCUT2D eigenvalue weighted by molar-refractivity contribution is 5.79. The zero-order valence-corrected chi connectivity index (χ0v) is 6.45. The highest BCUT2D eigenvalue weighted by Gasteiger charge is 1.85. The topological polar surface area (TPSA) is 55.8 Å². The van der Waals surface area contributed by atoms with Crippen LogP contribution in [0.1, 0.15) is 6.92 Å². The molecule has 0 aromatic rings. The van der Waals surface area contributed by atoms with Crippen LogP contribution < -0.4 is 0 Å². The number of rotatable bonds is 6. The maximum atomic E-state index is 9.89. The van der Waals surface area contributed by atoms with Crippen molar-refractivity contribution in [1.82, 2.24) is 0 Å². The van der Waals surface area contributed by atoms with Crippen LogP contribution in [0.3, 0.4) is 0 Å². The van der Waals surface area contributed by atoms with Gasteiger partial charge in [-0.05, 0) is 6.92 Å². The molecule has 0 bridgehead atoms. The molecule has 0 aliphatic carbocycles. The molecule has 0 rings (SSSR count). The van der Waals surface area contributed by atoms with Crippen LogP contribution in [0, 0.1) is 0 Å². The number of ether oxygens (including phenoxy) is 2. The van der Waals surface area contributed by atoms with Crippen molar-refractivity contribution < 1.29 is 19.4 Å². The fourth-order valence-corrected chi connectivity index (χ4v) is 0.426. The summed E-state index contributed by atoms with van der Waals surface area (Å²) >= 11 is 0.